The van der Waals surface area contributed by atoms with Gasteiger partial charge >= 0.3 is 0 Å². The lowest BCUT2D eigenvalue weighted by Crippen LogP contribution is -2.38. The third-order valence-electron chi connectivity index (χ3n) is 4.53. The summed E-state index contributed by atoms with van der Waals surface area (Å²) in [7, 11) is 0. The largest absolute Gasteiger partial charge is 0.411 e. The lowest BCUT2D eigenvalue weighted by atomic mass is 10.1. The van der Waals surface area contributed by atoms with Crippen LogP contribution in [0.1, 0.15) is 30.1 Å². The Kier molecular flexibility index (Phi) is 5.48. The van der Waals surface area contributed by atoms with Gasteiger partial charge in [-0.05, 0) is 48.7 Å². The van der Waals surface area contributed by atoms with E-state index in [0.717, 1.165) is 37.1 Å². The number of amides is 1. The Morgan fingerprint density at radius 3 is 2.59 bits per heavy atom. The number of nitrogens with zero attached hydrogens (tertiary/aromatic N) is 4. The van der Waals surface area contributed by atoms with E-state index in [1.165, 1.54) is 18.2 Å². The van der Waals surface area contributed by atoms with Crippen molar-refractivity contribution in [2.75, 3.05) is 13.1 Å². The van der Waals surface area contributed by atoms with E-state index < -0.39 is 5.25 Å². The SMILES string of the molecule is O=C(C(Sc1nnc(-c2cccnc2)o1)c1ccccc1)N1CCCCC1. The van der Waals surface area contributed by atoms with Crippen LogP contribution in [0.3, 0.4) is 0 Å². The quantitative estimate of drug-likeness (QED) is 0.624. The van der Waals surface area contributed by atoms with Crippen molar-refractivity contribution in [3.63, 3.8) is 0 Å². The fraction of sp³-hybridized carbons (Fsp3) is 0.300. The van der Waals surface area contributed by atoms with Crippen LogP contribution in [-0.4, -0.2) is 39.1 Å². The molecule has 0 radical (unpaired) electrons. The van der Waals surface area contributed by atoms with E-state index in [1.807, 2.05) is 47.4 Å². The highest BCUT2D eigenvalue weighted by molar-refractivity contribution is 8.00. The molecule has 4 rings (SSSR count). The second kappa shape index (κ2) is 8.35. The summed E-state index contributed by atoms with van der Waals surface area (Å²) in [6.07, 6.45) is 6.67. The second-order valence-corrected chi connectivity index (χ2v) is 7.47. The minimum absolute atomic E-state index is 0.104. The average Bonchev–Trinajstić information content (AvgIpc) is 3.22. The molecule has 1 saturated heterocycles. The van der Waals surface area contributed by atoms with Crippen LogP contribution < -0.4 is 0 Å². The zero-order chi connectivity index (χ0) is 18.5. The molecule has 1 atom stereocenters. The van der Waals surface area contributed by atoms with Gasteiger partial charge in [0.2, 0.25) is 11.8 Å². The molecule has 1 aromatic carbocycles. The lowest BCUT2D eigenvalue weighted by Gasteiger charge is -2.29. The first-order valence-corrected chi connectivity index (χ1v) is 9.93. The first kappa shape index (κ1) is 17.7. The molecule has 2 aromatic heterocycles. The first-order chi connectivity index (χ1) is 13.3. The van der Waals surface area contributed by atoms with E-state index in [-0.39, 0.29) is 5.91 Å². The molecule has 0 N–H and O–H groups in total. The third kappa shape index (κ3) is 4.19. The predicted molar refractivity (Wildman–Crippen MR) is 103 cm³/mol. The van der Waals surface area contributed by atoms with Gasteiger partial charge in [-0.25, -0.2) is 0 Å². The minimum Gasteiger partial charge on any atom is -0.411 e. The van der Waals surface area contributed by atoms with E-state index >= 15 is 0 Å². The van der Waals surface area contributed by atoms with Gasteiger partial charge < -0.3 is 9.32 Å². The smallest absolute Gasteiger partial charge is 0.277 e. The maximum Gasteiger partial charge on any atom is 0.277 e. The molecule has 1 aliphatic heterocycles. The summed E-state index contributed by atoms with van der Waals surface area (Å²) < 4.78 is 5.79. The molecule has 0 spiro atoms. The molecular formula is C20H20N4O2S. The molecule has 3 aromatic rings. The van der Waals surface area contributed by atoms with Crippen LogP contribution in [0.25, 0.3) is 11.5 Å². The molecule has 1 amide bonds. The van der Waals surface area contributed by atoms with E-state index in [2.05, 4.69) is 15.2 Å². The first-order valence-electron chi connectivity index (χ1n) is 9.05. The number of rotatable bonds is 5. The Labute approximate surface area is 162 Å². The van der Waals surface area contributed by atoms with Gasteiger partial charge in [0.15, 0.2) is 0 Å². The predicted octanol–water partition coefficient (Wildman–Crippen LogP) is 3.98. The van der Waals surface area contributed by atoms with Crippen molar-refractivity contribution in [3.05, 3.63) is 60.4 Å². The summed E-state index contributed by atoms with van der Waals surface area (Å²) >= 11 is 1.31. The molecule has 3 heterocycles. The van der Waals surface area contributed by atoms with Crippen molar-refractivity contribution in [2.24, 2.45) is 0 Å². The molecule has 0 saturated carbocycles. The van der Waals surface area contributed by atoms with Crippen LogP contribution in [0.15, 0.2) is 64.5 Å². The van der Waals surface area contributed by atoms with Crippen molar-refractivity contribution >= 4 is 17.7 Å². The maximum atomic E-state index is 13.2. The van der Waals surface area contributed by atoms with E-state index in [0.29, 0.717) is 11.1 Å². The molecular weight excluding hydrogens is 360 g/mol. The van der Waals surface area contributed by atoms with Gasteiger partial charge in [0.05, 0.1) is 5.56 Å². The van der Waals surface area contributed by atoms with E-state index in [1.54, 1.807) is 12.4 Å². The van der Waals surface area contributed by atoms with E-state index in [9.17, 15) is 4.79 Å². The number of piperidine rings is 1. The monoisotopic (exact) mass is 380 g/mol. The zero-order valence-electron chi connectivity index (χ0n) is 14.8. The molecule has 1 aliphatic rings. The Bertz CT molecular complexity index is 879. The van der Waals surface area contributed by atoms with Crippen LogP contribution in [0.2, 0.25) is 0 Å². The van der Waals surface area contributed by atoms with Gasteiger partial charge in [0, 0.05) is 25.5 Å². The van der Waals surface area contributed by atoms with Gasteiger partial charge in [-0.15, -0.1) is 10.2 Å². The van der Waals surface area contributed by atoms with Crippen molar-refractivity contribution in [1.29, 1.82) is 0 Å². The highest BCUT2D eigenvalue weighted by Gasteiger charge is 2.29. The molecule has 27 heavy (non-hydrogen) atoms. The minimum atomic E-state index is -0.397. The lowest BCUT2D eigenvalue weighted by molar-refractivity contribution is -0.131. The van der Waals surface area contributed by atoms with Crippen molar-refractivity contribution in [1.82, 2.24) is 20.1 Å². The van der Waals surface area contributed by atoms with Crippen molar-refractivity contribution in [3.8, 4) is 11.5 Å². The molecule has 1 fully saturated rings. The summed E-state index contributed by atoms with van der Waals surface area (Å²) in [5.74, 6) is 0.509. The van der Waals surface area contributed by atoms with Crippen LogP contribution in [0.5, 0.6) is 0 Å². The van der Waals surface area contributed by atoms with Crippen LogP contribution in [0, 0.1) is 0 Å². The summed E-state index contributed by atoms with van der Waals surface area (Å²) in [6.45, 7) is 1.63. The molecule has 138 valence electrons. The Morgan fingerprint density at radius 2 is 1.85 bits per heavy atom. The Hall–Kier alpha value is -2.67. The standard InChI is InChI=1S/C20H20N4O2S/c25-19(24-12-5-2-6-13-24)17(15-8-3-1-4-9-15)27-20-23-22-18(26-20)16-10-7-11-21-14-16/h1,3-4,7-11,14,17H,2,5-6,12-13H2. The molecule has 0 aliphatic carbocycles. The number of benzene rings is 1. The van der Waals surface area contributed by atoms with Gasteiger partial charge in [0.1, 0.15) is 5.25 Å². The summed E-state index contributed by atoms with van der Waals surface area (Å²) in [5.41, 5.74) is 1.70. The van der Waals surface area contributed by atoms with E-state index in [4.69, 9.17) is 4.42 Å². The Balaban J connectivity index is 1.58. The maximum absolute atomic E-state index is 13.2. The number of hydrogen-bond donors (Lipinski definition) is 0. The average molecular weight is 380 g/mol. The highest BCUT2D eigenvalue weighted by Crippen LogP contribution is 2.37. The van der Waals surface area contributed by atoms with Crippen LogP contribution >= 0.6 is 11.8 Å². The van der Waals surface area contributed by atoms with Gasteiger partial charge in [-0.3, -0.25) is 9.78 Å². The molecule has 7 heteroatoms. The normalized spacial score (nSPS) is 15.5. The number of carbonyl (C=O) groups is 1. The highest BCUT2D eigenvalue weighted by atomic mass is 32.2. The second-order valence-electron chi connectivity index (χ2n) is 6.41. The third-order valence-corrected chi connectivity index (χ3v) is 5.60. The zero-order valence-corrected chi connectivity index (χ0v) is 15.6. The number of thioether (sulfide) groups is 1. The number of pyridine rings is 1. The van der Waals surface area contributed by atoms with Crippen molar-refractivity contribution in [2.45, 2.75) is 29.7 Å². The van der Waals surface area contributed by atoms with Gasteiger partial charge in [-0.1, -0.05) is 30.3 Å². The van der Waals surface area contributed by atoms with Gasteiger partial charge in [0.25, 0.3) is 5.22 Å². The number of hydrogen-bond acceptors (Lipinski definition) is 6. The number of carbonyl (C=O) groups excluding carboxylic acids is 1. The van der Waals surface area contributed by atoms with Crippen LogP contribution in [0.4, 0.5) is 0 Å². The molecule has 6 nitrogen and oxygen atoms in total. The fourth-order valence-corrected chi connectivity index (χ4v) is 4.09. The summed E-state index contributed by atoms with van der Waals surface area (Å²) in [5, 5.41) is 8.22. The topological polar surface area (TPSA) is 72.1 Å². The Morgan fingerprint density at radius 1 is 1.04 bits per heavy atom. The fourth-order valence-electron chi connectivity index (χ4n) is 3.13. The van der Waals surface area contributed by atoms with Gasteiger partial charge in [-0.2, -0.15) is 0 Å². The van der Waals surface area contributed by atoms with Crippen molar-refractivity contribution < 1.29 is 9.21 Å². The van der Waals surface area contributed by atoms with Crippen LogP contribution in [-0.2, 0) is 4.79 Å². The number of likely N-dealkylation sites (tertiary alicyclic amines) is 1. The summed E-state index contributed by atoms with van der Waals surface area (Å²) in [6, 6.07) is 13.5. The summed E-state index contributed by atoms with van der Waals surface area (Å²) in [4.78, 5) is 19.2. The molecule has 1 unspecified atom stereocenters. The number of aromatic nitrogens is 3. The molecule has 0 bridgehead atoms.